The summed E-state index contributed by atoms with van der Waals surface area (Å²) in [5, 5.41) is 22.7. The normalized spacial score (nSPS) is 10.4. The smallest absolute Gasteiger partial charge is 0.221 e. The minimum atomic E-state index is -0.0878. The van der Waals surface area contributed by atoms with Crippen molar-refractivity contribution in [1.29, 1.82) is 0 Å². The zero-order chi connectivity index (χ0) is 15.1. The van der Waals surface area contributed by atoms with Gasteiger partial charge < -0.3 is 15.7 Å². The maximum atomic E-state index is 10.9. The van der Waals surface area contributed by atoms with E-state index in [1.165, 1.54) is 6.92 Å². The first-order valence-electron chi connectivity index (χ1n) is 6.79. The van der Waals surface area contributed by atoms with Gasteiger partial charge in [-0.25, -0.2) is 0 Å². The van der Waals surface area contributed by atoms with Crippen LogP contribution in [0.1, 0.15) is 19.0 Å². The van der Waals surface area contributed by atoms with Crippen LogP contribution in [0.2, 0.25) is 0 Å². The van der Waals surface area contributed by atoms with Crippen molar-refractivity contribution in [3.05, 3.63) is 36.2 Å². The first kappa shape index (κ1) is 15.0. The molecule has 2 aromatic rings. The van der Waals surface area contributed by atoms with Crippen LogP contribution in [-0.2, 0) is 17.9 Å². The highest BCUT2D eigenvalue weighted by Crippen LogP contribution is 2.14. The summed E-state index contributed by atoms with van der Waals surface area (Å²) < 4.78 is 1.72. The summed E-state index contributed by atoms with van der Waals surface area (Å²) in [7, 11) is 0. The maximum Gasteiger partial charge on any atom is 0.221 e. The van der Waals surface area contributed by atoms with Crippen LogP contribution in [0.4, 0.5) is 11.4 Å². The predicted molar refractivity (Wildman–Crippen MR) is 79.8 cm³/mol. The molecule has 7 heteroatoms. The van der Waals surface area contributed by atoms with Gasteiger partial charge in [-0.05, 0) is 30.7 Å². The number of aliphatic hydroxyl groups is 1. The Labute approximate surface area is 123 Å². The van der Waals surface area contributed by atoms with Gasteiger partial charge in [0.25, 0.3) is 0 Å². The molecule has 112 valence electrons. The zero-order valence-corrected chi connectivity index (χ0v) is 11.9. The van der Waals surface area contributed by atoms with E-state index in [0.717, 1.165) is 17.1 Å². The fourth-order valence-electron chi connectivity index (χ4n) is 1.83. The minimum absolute atomic E-state index is 0.0878. The number of nitrogens with one attached hydrogen (secondary N) is 2. The van der Waals surface area contributed by atoms with Gasteiger partial charge >= 0.3 is 0 Å². The van der Waals surface area contributed by atoms with Gasteiger partial charge in [-0.15, -0.1) is 5.10 Å². The number of carbonyl (C=O) groups is 1. The number of nitrogens with zero attached hydrogens (tertiary/aromatic N) is 3. The van der Waals surface area contributed by atoms with Crippen LogP contribution in [0.15, 0.2) is 30.5 Å². The van der Waals surface area contributed by atoms with Crippen molar-refractivity contribution in [1.82, 2.24) is 15.0 Å². The Hall–Kier alpha value is -2.41. The fourth-order valence-corrected chi connectivity index (χ4v) is 1.83. The standard InChI is InChI=1S/C14H19N5O2/c1-11(21)16-13-5-3-12(4-6-13)15-9-14-10-19(18-17-14)7-2-8-20/h3-6,10,15,20H,2,7-9H2,1H3,(H,16,21). The van der Waals surface area contributed by atoms with Crippen LogP contribution < -0.4 is 10.6 Å². The van der Waals surface area contributed by atoms with Crippen molar-refractivity contribution in [2.75, 3.05) is 17.2 Å². The number of aromatic nitrogens is 3. The number of benzene rings is 1. The average molecular weight is 289 g/mol. The number of aliphatic hydroxyl groups excluding tert-OH is 1. The lowest BCUT2D eigenvalue weighted by Gasteiger charge is -2.06. The molecule has 1 aromatic heterocycles. The van der Waals surface area contributed by atoms with Crippen molar-refractivity contribution < 1.29 is 9.90 Å². The van der Waals surface area contributed by atoms with Crippen LogP contribution >= 0.6 is 0 Å². The van der Waals surface area contributed by atoms with Gasteiger partial charge in [0.15, 0.2) is 0 Å². The number of aryl methyl sites for hydroxylation is 1. The van der Waals surface area contributed by atoms with Gasteiger partial charge in [0, 0.05) is 31.5 Å². The third-order valence-corrected chi connectivity index (χ3v) is 2.81. The molecule has 3 N–H and O–H groups in total. The average Bonchev–Trinajstić information content (AvgIpc) is 2.92. The molecule has 1 heterocycles. The van der Waals surface area contributed by atoms with E-state index in [0.29, 0.717) is 19.5 Å². The molecule has 7 nitrogen and oxygen atoms in total. The van der Waals surface area contributed by atoms with Crippen molar-refractivity contribution in [2.24, 2.45) is 0 Å². The third kappa shape index (κ3) is 4.88. The van der Waals surface area contributed by atoms with Gasteiger partial charge in [0.05, 0.1) is 12.7 Å². The lowest BCUT2D eigenvalue weighted by atomic mass is 10.2. The van der Waals surface area contributed by atoms with Crippen LogP contribution in [-0.4, -0.2) is 32.6 Å². The van der Waals surface area contributed by atoms with Crippen molar-refractivity contribution in [3.8, 4) is 0 Å². The topological polar surface area (TPSA) is 92.1 Å². The highest BCUT2D eigenvalue weighted by atomic mass is 16.3. The van der Waals surface area contributed by atoms with E-state index in [2.05, 4.69) is 20.9 Å². The molecule has 0 saturated carbocycles. The van der Waals surface area contributed by atoms with Gasteiger partial charge in [-0.2, -0.15) is 0 Å². The Morgan fingerprint density at radius 1 is 1.29 bits per heavy atom. The number of hydrogen-bond donors (Lipinski definition) is 3. The zero-order valence-electron chi connectivity index (χ0n) is 11.9. The van der Waals surface area contributed by atoms with Crippen molar-refractivity contribution in [3.63, 3.8) is 0 Å². The molecular weight excluding hydrogens is 270 g/mol. The van der Waals surface area contributed by atoms with E-state index in [1.54, 1.807) is 4.68 Å². The van der Waals surface area contributed by atoms with E-state index < -0.39 is 0 Å². The Morgan fingerprint density at radius 3 is 2.67 bits per heavy atom. The number of rotatable bonds is 7. The second-order valence-corrected chi connectivity index (χ2v) is 4.66. The predicted octanol–water partition coefficient (Wildman–Crippen LogP) is 1.23. The summed E-state index contributed by atoms with van der Waals surface area (Å²) in [4.78, 5) is 10.9. The van der Waals surface area contributed by atoms with Crippen LogP contribution in [0.5, 0.6) is 0 Å². The number of anilines is 2. The van der Waals surface area contributed by atoms with Gasteiger partial charge in [0.1, 0.15) is 5.69 Å². The Kier molecular flexibility index (Phi) is 5.28. The van der Waals surface area contributed by atoms with Crippen LogP contribution in [0.25, 0.3) is 0 Å². The molecule has 0 bridgehead atoms. The number of hydrogen-bond acceptors (Lipinski definition) is 5. The van der Waals surface area contributed by atoms with E-state index >= 15 is 0 Å². The summed E-state index contributed by atoms with van der Waals surface area (Å²) in [6.07, 6.45) is 2.52. The van der Waals surface area contributed by atoms with Gasteiger partial charge in [0.2, 0.25) is 5.91 Å². The highest BCUT2D eigenvalue weighted by Gasteiger charge is 2.01. The number of carbonyl (C=O) groups excluding carboxylic acids is 1. The summed E-state index contributed by atoms with van der Waals surface area (Å²) in [6, 6.07) is 7.45. The summed E-state index contributed by atoms with van der Waals surface area (Å²) in [6.45, 7) is 2.86. The molecule has 0 radical (unpaired) electrons. The summed E-state index contributed by atoms with van der Waals surface area (Å²) in [5.74, 6) is -0.0878. The van der Waals surface area contributed by atoms with E-state index in [9.17, 15) is 4.79 Å². The van der Waals surface area contributed by atoms with E-state index in [4.69, 9.17) is 5.11 Å². The van der Waals surface area contributed by atoms with Crippen molar-refractivity contribution in [2.45, 2.75) is 26.4 Å². The molecule has 0 fully saturated rings. The first-order chi connectivity index (χ1) is 10.2. The largest absolute Gasteiger partial charge is 0.396 e. The molecule has 0 aliphatic carbocycles. The third-order valence-electron chi connectivity index (χ3n) is 2.81. The van der Waals surface area contributed by atoms with Crippen LogP contribution in [0.3, 0.4) is 0 Å². The molecule has 0 unspecified atom stereocenters. The second kappa shape index (κ2) is 7.39. The lowest BCUT2D eigenvalue weighted by Crippen LogP contribution is -2.05. The molecule has 0 aliphatic rings. The Bertz CT molecular complexity index is 579. The molecule has 1 amide bonds. The van der Waals surface area contributed by atoms with Crippen molar-refractivity contribution >= 4 is 17.3 Å². The monoisotopic (exact) mass is 289 g/mol. The van der Waals surface area contributed by atoms with E-state index in [1.807, 2.05) is 30.5 Å². The minimum Gasteiger partial charge on any atom is -0.396 e. The van der Waals surface area contributed by atoms with Gasteiger partial charge in [-0.1, -0.05) is 5.21 Å². The molecule has 0 saturated heterocycles. The Balaban J connectivity index is 1.84. The molecule has 0 aliphatic heterocycles. The maximum absolute atomic E-state index is 10.9. The molecule has 0 atom stereocenters. The highest BCUT2D eigenvalue weighted by molar-refractivity contribution is 5.88. The SMILES string of the molecule is CC(=O)Nc1ccc(NCc2cn(CCCO)nn2)cc1. The molecule has 21 heavy (non-hydrogen) atoms. The molecule has 1 aromatic carbocycles. The lowest BCUT2D eigenvalue weighted by molar-refractivity contribution is -0.114. The quantitative estimate of drug-likeness (QED) is 0.713. The summed E-state index contributed by atoms with van der Waals surface area (Å²) >= 11 is 0. The van der Waals surface area contributed by atoms with Crippen LogP contribution in [0, 0.1) is 0 Å². The molecule has 2 rings (SSSR count). The summed E-state index contributed by atoms with van der Waals surface area (Å²) in [5.41, 5.74) is 2.54. The second-order valence-electron chi connectivity index (χ2n) is 4.66. The fraction of sp³-hybridized carbons (Fsp3) is 0.357. The van der Waals surface area contributed by atoms with E-state index in [-0.39, 0.29) is 12.5 Å². The molecular formula is C14H19N5O2. The first-order valence-corrected chi connectivity index (χ1v) is 6.79. The van der Waals surface area contributed by atoms with Gasteiger partial charge in [-0.3, -0.25) is 9.48 Å². The molecule has 0 spiro atoms. The Morgan fingerprint density at radius 2 is 2.00 bits per heavy atom. The number of amides is 1.